The van der Waals surface area contributed by atoms with Crippen LogP contribution < -0.4 is 14.8 Å². The zero-order valence-electron chi connectivity index (χ0n) is 65.5. The van der Waals surface area contributed by atoms with Gasteiger partial charge in [-0.3, -0.25) is 4.57 Å². The fourth-order valence-corrected chi connectivity index (χ4v) is 19.8. The number of amidine groups is 2. The van der Waals surface area contributed by atoms with E-state index in [4.69, 9.17) is 29.4 Å². The molecule has 11 nitrogen and oxygen atoms in total. The maximum atomic E-state index is 7.41. The zero-order valence-corrected chi connectivity index (χ0v) is 65.5. The largest absolute Gasteiger partial charge is 0.456 e. The van der Waals surface area contributed by atoms with E-state index < -0.39 is 6.29 Å². The van der Waals surface area contributed by atoms with Crippen LogP contribution in [0.3, 0.4) is 0 Å². The van der Waals surface area contributed by atoms with Crippen LogP contribution in [-0.4, -0.2) is 39.9 Å². The van der Waals surface area contributed by atoms with E-state index >= 15 is 0 Å². The van der Waals surface area contributed by atoms with Crippen LogP contribution in [0.15, 0.2) is 404 Å². The third kappa shape index (κ3) is 10.3. The quantitative estimate of drug-likeness (QED) is 0.139. The van der Waals surface area contributed by atoms with Gasteiger partial charge in [0.25, 0.3) is 0 Å². The van der Waals surface area contributed by atoms with Gasteiger partial charge in [-0.25, -0.2) is 20.0 Å². The van der Waals surface area contributed by atoms with Crippen molar-refractivity contribution in [2.75, 3.05) is 0 Å². The fourth-order valence-electron chi connectivity index (χ4n) is 19.8. The van der Waals surface area contributed by atoms with E-state index in [1.54, 1.807) is 0 Å². The first kappa shape index (κ1) is 67.6. The first-order chi connectivity index (χ1) is 60.5. The summed E-state index contributed by atoms with van der Waals surface area (Å²) < 4.78 is 24.1. The number of fused-ring (bicyclic) bond motifs is 18. The minimum absolute atomic E-state index is 0.506. The molecule has 26 rings (SSSR count). The Labute approximate surface area is 699 Å². The van der Waals surface area contributed by atoms with E-state index in [1.807, 2.05) is 48.5 Å². The number of nitrogens with zero attached hydrogens (tertiary/aromatic N) is 8. The second kappa shape index (κ2) is 26.5. The summed E-state index contributed by atoms with van der Waals surface area (Å²) in [4.78, 5) is 21.4. The Balaban J connectivity index is 0.606. The van der Waals surface area contributed by atoms with Gasteiger partial charge in [-0.1, -0.05) is 285 Å². The number of benzene rings is 18. The van der Waals surface area contributed by atoms with Crippen molar-refractivity contribution in [1.29, 1.82) is 0 Å². The van der Waals surface area contributed by atoms with Gasteiger partial charge in [0.15, 0.2) is 11.7 Å². The van der Waals surface area contributed by atoms with E-state index in [0.29, 0.717) is 11.7 Å². The molecule has 0 fully saturated rings. The molecule has 0 amide bonds. The van der Waals surface area contributed by atoms with Gasteiger partial charge in [-0.05, 0) is 146 Å². The molecule has 18 aromatic carbocycles. The third-order valence-corrected chi connectivity index (χ3v) is 25.2. The maximum absolute atomic E-state index is 7.41. The Bertz CT molecular complexity index is 8400. The lowest BCUT2D eigenvalue weighted by atomic mass is 9.90. The van der Waals surface area contributed by atoms with E-state index in [0.717, 1.165) is 217 Å². The SMILES string of the molecule is c1ccc(C2=NC(n3c4ccccc4c4c(-c5ccc6c(c5)Oc5cc7c(c8cccc-6c58)c5ccc(-c6ccc8c(c6)c6ccc(-c9ccc%10c(c9)Oc9cc%11c(c%12cccc-%10c9%12)c9ccccc9n%11-c9ccccc9)cc6n8-c6cc(-c8ccccc8)nc(-c8ccccc8)n6)cc5n7-c5ccccc5)cccc43)NC(c3ccccc3)=N2)cc1. The minimum Gasteiger partial charge on any atom is -0.456 e. The number of ether oxygens (including phenoxy) is 2. The highest BCUT2D eigenvalue weighted by Gasteiger charge is 2.32. The zero-order chi connectivity index (χ0) is 79.8. The predicted octanol–water partition coefficient (Wildman–Crippen LogP) is 28.0. The van der Waals surface area contributed by atoms with E-state index in [1.165, 1.54) is 21.5 Å². The maximum Gasteiger partial charge on any atom is 0.204 e. The van der Waals surface area contributed by atoms with Crippen LogP contribution in [0.25, 0.3) is 204 Å². The molecule has 122 heavy (non-hydrogen) atoms. The summed E-state index contributed by atoms with van der Waals surface area (Å²) in [5.41, 5.74) is 26.1. The van der Waals surface area contributed by atoms with Crippen LogP contribution in [0.2, 0.25) is 0 Å². The topological polar surface area (TPSA) is 101 Å². The molecule has 0 spiro atoms. The first-order valence-corrected chi connectivity index (χ1v) is 41.4. The van der Waals surface area contributed by atoms with E-state index in [9.17, 15) is 0 Å². The second-order valence-electron chi connectivity index (χ2n) is 31.9. The highest BCUT2D eigenvalue weighted by molar-refractivity contribution is 6.28. The molecule has 23 aromatic rings. The highest BCUT2D eigenvalue weighted by atomic mass is 16.5. The molecule has 0 saturated carbocycles. The molecule has 3 aliphatic rings. The molecule has 11 heteroatoms. The minimum atomic E-state index is -0.506. The normalized spacial score (nSPS) is 13.5. The monoisotopic (exact) mass is 1560 g/mol. The van der Waals surface area contributed by atoms with Gasteiger partial charge in [0, 0.05) is 117 Å². The van der Waals surface area contributed by atoms with Crippen LogP contribution in [-0.2, 0) is 0 Å². The average molecular weight is 1560 g/mol. The summed E-state index contributed by atoms with van der Waals surface area (Å²) in [6.07, 6.45) is -0.506. The number of aliphatic imine (C=N–C) groups is 2. The summed E-state index contributed by atoms with van der Waals surface area (Å²) >= 11 is 0. The molecule has 8 heterocycles. The van der Waals surface area contributed by atoms with Crippen LogP contribution in [0.4, 0.5) is 0 Å². The smallest absolute Gasteiger partial charge is 0.204 e. The molecule has 0 aliphatic carbocycles. The molecule has 1 atom stereocenters. The van der Waals surface area contributed by atoms with Crippen molar-refractivity contribution in [3.05, 3.63) is 405 Å². The standard InChI is InChI=1S/C111H67N9O2/c1-7-26-66(27-8-1)89-63-102(113-108(112-89)67-28-9-2-10-29-67)119-92-57-52-70(58-88(92)78-53-48-72(59-94(78)119)73-49-54-79-81-41-23-43-86-104-83-38-19-21-45-90(83)117(75-34-15-5-16-35-75)96(104)64-100(106(81)86)121-98(79)61-73)71-50-56-85-95(60-71)118(76-36-17-6-18-37-76)97-65-101-107-82(42-24-44-87(107)105(85)97)80-55-51-74(62-99(80)122-101)77-40-25-47-93-103(77)84-39-20-22-46-91(84)120(93)111-115-109(68-30-11-3-12-31-68)114-110(116-111)69-32-13-4-14-33-69/h1-65,111H,(H,114,115,116). The highest BCUT2D eigenvalue weighted by Crippen LogP contribution is 2.55. The van der Waals surface area contributed by atoms with Crippen LogP contribution in [0.5, 0.6) is 23.0 Å². The summed E-state index contributed by atoms with van der Waals surface area (Å²) in [6.45, 7) is 0. The van der Waals surface area contributed by atoms with Crippen molar-refractivity contribution >= 4 is 120 Å². The van der Waals surface area contributed by atoms with Gasteiger partial charge in [-0.2, -0.15) is 0 Å². The van der Waals surface area contributed by atoms with Crippen LogP contribution >= 0.6 is 0 Å². The summed E-state index contributed by atoms with van der Waals surface area (Å²) in [5, 5.41) is 17.4. The first-order valence-electron chi connectivity index (χ1n) is 41.4. The van der Waals surface area contributed by atoms with Crippen molar-refractivity contribution in [3.8, 4) is 118 Å². The van der Waals surface area contributed by atoms with E-state index in [-0.39, 0.29) is 0 Å². The van der Waals surface area contributed by atoms with Gasteiger partial charge in [0.2, 0.25) is 6.29 Å². The number of rotatable bonds is 11. The Hall–Kier alpha value is -16.5. The third-order valence-electron chi connectivity index (χ3n) is 25.2. The lowest BCUT2D eigenvalue weighted by Gasteiger charge is -2.26. The molecular formula is C111H67N9O2. The Morgan fingerprint density at radius 1 is 0.246 bits per heavy atom. The Kier molecular flexibility index (Phi) is 14.7. The van der Waals surface area contributed by atoms with Gasteiger partial charge in [0.1, 0.15) is 34.7 Å². The van der Waals surface area contributed by atoms with Crippen molar-refractivity contribution < 1.29 is 9.47 Å². The van der Waals surface area contributed by atoms with Crippen LogP contribution in [0, 0.1) is 0 Å². The summed E-state index contributed by atoms with van der Waals surface area (Å²) in [5.74, 6) is 6.08. The number of nitrogens with one attached hydrogen (secondary N) is 1. The fraction of sp³-hybridized carbons (Fsp3) is 0.00901. The van der Waals surface area contributed by atoms with Crippen molar-refractivity contribution in [1.82, 2.24) is 33.6 Å². The average Bonchev–Trinajstić information content (AvgIpc) is 1.54. The van der Waals surface area contributed by atoms with E-state index in [2.05, 4.69) is 369 Å². The van der Waals surface area contributed by atoms with Crippen LogP contribution in [0.1, 0.15) is 17.4 Å². The van der Waals surface area contributed by atoms with Crippen molar-refractivity contribution in [3.63, 3.8) is 0 Å². The summed E-state index contributed by atoms with van der Waals surface area (Å²) in [7, 11) is 0. The molecular weight excluding hydrogens is 1490 g/mol. The Morgan fingerprint density at radius 3 is 1.35 bits per heavy atom. The molecule has 5 aromatic heterocycles. The Morgan fingerprint density at radius 2 is 0.705 bits per heavy atom. The molecule has 0 bridgehead atoms. The summed E-state index contributed by atoms with van der Waals surface area (Å²) in [6, 6.07) is 141. The molecule has 3 aliphatic heterocycles. The molecule has 0 saturated heterocycles. The van der Waals surface area contributed by atoms with Crippen molar-refractivity contribution in [2.45, 2.75) is 6.29 Å². The lowest BCUT2D eigenvalue weighted by molar-refractivity contribution is 0.487. The predicted molar refractivity (Wildman–Crippen MR) is 499 cm³/mol. The molecule has 1 unspecified atom stereocenters. The number of hydrogen-bond acceptors (Lipinski definition) is 7. The van der Waals surface area contributed by atoms with Gasteiger partial charge in [-0.15, -0.1) is 0 Å². The second-order valence-corrected chi connectivity index (χ2v) is 31.9. The molecule has 1 N–H and O–H groups in total. The molecule has 0 radical (unpaired) electrons. The van der Waals surface area contributed by atoms with Gasteiger partial charge in [0.05, 0.1) is 49.8 Å². The number of para-hydroxylation sites is 4. The van der Waals surface area contributed by atoms with Gasteiger partial charge >= 0.3 is 0 Å². The number of hydrogen-bond donors (Lipinski definition) is 1. The molecule has 568 valence electrons. The van der Waals surface area contributed by atoms with Crippen molar-refractivity contribution in [2.24, 2.45) is 9.98 Å². The lowest BCUT2D eigenvalue weighted by Crippen LogP contribution is -2.36. The van der Waals surface area contributed by atoms with Gasteiger partial charge < -0.3 is 28.5 Å². The number of aromatic nitrogens is 6.